The van der Waals surface area contributed by atoms with Gasteiger partial charge >= 0.3 is 0 Å². The second-order valence-corrected chi connectivity index (χ2v) is 8.55. The SMILES string of the molecule is c1ccc(C(CCc2ccc3ccccc3c2)CCc2ccc3ccccc3c2)cc1. The maximum Gasteiger partial charge on any atom is -0.0156 e. The molecule has 0 bridgehead atoms. The molecule has 5 aromatic carbocycles. The molecule has 0 radical (unpaired) electrons. The molecule has 0 nitrogen and oxygen atoms in total. The summed E-state index contributed by atoms with van der Waals surface area (Å²) in [7, 11) is 0. The van der Waals surface area contributed by atoms with Crippen molar-refractivity contribution in [2.24, 2.45) is 0 Å². The van der Waals surface area contributed by atoms with E-state index >= 15 is 0 Å². The van der Waals surface area contributed by atoms with Gasteiger partial charge in [-0.3, -0.25) is 0 Å². The van der Waals surface area contributed by atoms with Crippen molar-refractivity contribution in [2.45, 2.75) is 31.6 Å². The van der Waals surface area contributed by atoms with Crippen molar-refractivity contribution in [3.63, 3.8) is 0 Å². The minimum Gasteiger partial charge on any atom is -0.0622 e. The smallest absolute Gasteiger partial charge is 0.0156 e. The molecule has 0 aliphatic carbocycles. The zero-order chi connectivity index (χ0) is 20.9. The highest BCUT2D eigenvalue weighted by Crippen LogP contribution is 2.28. The first kappa shape index (κ1) is 19.6. The van der Waals surface area contributed by atoms with Crippen molar-refractivity contribution in [3.8, 4) is 0 Å². The normalized spacial score (nSPS) is 11.4. The van der Waals surface area contributed by atoms with Gasteiger partial charge in [0.1, 0.15) is 0 Å². The third kappa shape index (κ3) is 4.70. The zero-order valence-electron chi connectivity index (χ0n) is 17.9. The number of rotatable bonds is 7. The molecular weight excluding hydrogens is 372 g/mol. The summed E-state index contributed by atoms with van der Waals surface area (Å²) in [6.07, 6.45) is 4.58. The molecule has 0 N–H and O–H groups in total. The molecular formula is C31H28. The van der Waals surface area contributed by atoms with Crippen LogP contribution in [0.5, 0.6) is 0 Å². The maximum absolute atomic E-state index is 2.36. The Morgan fingerprint density at radius 2 is 0.871 bits per heavy atom. The summed E-state index contributed by atoms with van der Waals surface area (Å²) in [5, 5.41) is 5.32. The van der Waals surface area contributed by atoms with Crippen LogP contribution in [0, 0.1) is 0 Å². The Balaban J connectivity index is 1.32. The van der Waals surface area contributed by atoms with Crippen LogP contribution >= 0.6 is 0 Å². The Labute approximate surface area is 185 Å². The molecule has 5 rings (SSSR count). The van der Waals surface area contributed by atoms with Gasteiger partial charge in [-0.05, 0) is 69.8 Å². The van der Waals surface area contributed by atoms with Gasteiger partial charge in [-0.25, -0.2) is 0 Å². The second-order valence-electron chi connectivity index (χ2n) is 8.55. The first-order valence-electron chi connectivity index (χ1n) is 11.4. The first-order valence-corrected chi connectivity index (χ1v) is 11.4. The van der Waals surface area contributed by atoms with Gasteiger partial charge in [-0.2, -0.15) is 0 Å². The largest absolute Gasteiger partial charge is 0.0622 e. The van der Waals surface area contributed by atoms with E-state index in [0.29, 0.717) is 5.92 Å². The Morgan fingerprint density at radius 3 is 1.39 bits per heavy atom. The van der Waals surface area contributed by atoms with Crippen molar-refractivity contribution in [1.82, 2.24) is 0 Å². The molecule has 0 heterocycles. The predicted octanol–water partition coefficient (Wildman–Crippen LogP) is 8.34. The Kier molecular flexibility index (Phi) is 5.80. The molecule has 0 saturated heterocycles. The third-order valence-electron chi connectivity index (χ3n) is 6.46. The Bertz CT molecular complexity index is 1200. The van der Waals surface area contributed by atoms with Crippen LogP contribution in [0.4, 0.5) is 0 Å². The molecule has 0 aliphatic rings. The van der Waals surface area contributed by atoms with Gasteiger partial charge in [0.05, 0.1) is 0 Å². The molecule has 0 amide bonds. The standard InChI is InChI=1S/C31H28/c1-2-8-26(9-3-1)29(20-16-24-14-18-27-10-4-6-12-30(27)22-24)21-17-25-15-19-28-11-5-7-13-31(28)23-25/h1-15,18-19,22-23,29H,16-17,20-21H2. The molecule has 5 aromatic rings. The van der Waals surface area contributed by atoms with E-state index < -0.39 is 0 Å². The number of hydrogen-bond donors (Lipinski definition) is 0. The fourth-order valence-electron chi connectivity index (χ4n) is 4.67. The zero-order valence-corrected chi connectivity index (χ0v) is 17.9. The van der Waals surface area contributed by atoms with Crippen LogP contribution in [-0.4, -0.2) is 0 Å². The van der Waals surface area contributed by atoms with Crippen molar-refractivity contribution < 1.29 is 0 Å². The summed E-state index contributed by atoms with van der Waals surface area (Å²) in [5.74, 6) is 0.569. The lowest BCUT2D eigenvalue weighted by Crippen LogP contribution is -2.03. The van der Waals surface area contributed by atoms with Crippen molar-refractivity contribution in [1.29, 1.82) is 0 Å². The Morgan fingerprint density at radius 1 is 0.419 bits per heavy atom. The lowest BCUT2D eigenvalue weighted by Gasteiger charge is -2.18. The van der Waals surface area contributed by atoms with E-state index in [1.54, 1.807) is 0 Å². The summed E-state index contributed by atoms with van der Waals surface area (Å²) in [6, 6.07) is 42.2. The van der Waals surface area contributed by atoms with Crippen molar-refractivity contribution in [3.05, 3.63) is 132 Å². The Hall–Kier alpha value is -3.38. The minimum atomic E-state index is 0.569. The van der Waals surface area contributed by atoms with Gasteiger partial charge in [0.2, 0.25) is 0 Å². The number of hydrogen-bond acceptors (Lipinski definition) is 0. The molecule has 0 aliphatic heterocycles. The summed E-state index contributed by atoms with van der Waals surface area (Å²) in [6.45, 7) is 0. The number of aryl methyl sites for hydroxylation is 2. The molecule has 0 unspecified atom stereocenters. The number of benzene rings is 5. The maximum atomic E-state index is 2.36. The third-order valence-corrected chi connectivity index (χ3v) is 6.46. The monoisotopic (exact) mass is 400 g/mol. The van der Waals surface area contributed by atoms with Crippen LogP contribution in [0.25, 0.3) is 21.5 Å². The lowest BCUT2D eigenvalue weighted by molar-refractivity contribution is 0.577. The lowest BCUT2D eigenvalue weighted by atomic mass is 9.87. The van der Waals surface area contributed by atoms with Crippen LogP contribution in [-0.2, 0) is 12.8 Å². The molecule has 31 heavy (non-hydrogen) atoms. The molecule has 0 spiro atoms. The molecule has 0 heteroatoms. The van der Waals surface area contributed by atoms with Crippen LogP contribution in [0.15, 0.2) is 115 Å². The second kappa shape index (κ2) is 9.18. The number of fused-ring (bicyclic) bond motifs is 2. The molecule has 0 fully saturated rings. The van der Waals surface area contributed by atoms with E-state index in [-0.39, 0.29) is 0 Å². The highest BCUT2D eigenvalue weighted by atomic mass is 14.2. The van der Waals surface area contributed by atoms with Crippen LogP contribution in [0.1, 0.15) is 35.4 Å². The molecule has 0 aromatic heterocycles. The molecule has 0 saturated carbocycles. The highest BCUT2D eigenvalue weighted by molar-refractivity contribution is 5.83. The van der Waals surface area contributed by atoms with Crippen LogP contribution < -0.4 is 0 Å². The van der Waals surface area contributed by atoms with Crippen molar-refractivity contribution >= 4 is 21.5 Å². The summed E-state index contributed by atoms with van der Waals surface area (Å²) < 4.78 is 0. The van der Waals surface area contributed by atoms with E-state index in [9.17, 15) is 0 Å². The van der Waals surface area contributed by atoms with Gasteiger partial charge < -0.3 is 0 Å². The van der Waals surface area contributed by atoms with E-state index in [1.807, 2.05) is 0 Å². The fraction of sp³-hybridized carbons (Fsp3) is 0.161. The highest BCUT2D eigenvalue weighted by Gasteiger charge is 2.12. The summed E-state index contributed by atoms with van der Waals surface area (Å²) >= 11 is 0. The van der Waals surface area contributed by atoms with E-state index in [1.165, 1.54) is 51.1 Å². The van der Waals surface area contributed by atoms with E-state index in [4.69, 9.17) is 0 Å². The van der Waals surface area contributed by atoms with Crippen LogP contribution in [0.2, 0.25) is 0 Å². The van der Waals surface area contributed by atoms with Crippen molar-refractivity contribution in [2.75, 3.05) is 0 Å². The minimum absolute atomic E-state index is 0.569. The average Bonchev–Trinajstić information content (AvgIpc) is 2.84. The summed E-state index contributed by atoms with van der Waals surface area (Å²) in [4.78, 5) is 0. The fourth-order valence-corrected chi connectivity index (χ4v) is 4.67. The van der Waals surface area contributed by atoms with Gasteiger partial charge in [-0.1, -0.05) is 115 Å². The van der Waals surface area contributed by atoms with Crippen LogP contribution in [0.3, 0.4) is 0 Å². The molecule has 152 valence electrons. The van der Waals surface area contributed by atoms with E-state index in [2.05, 4.69) is 115 Å². The summed E-state index contributed by atoms with van der Waals surface area (Å²) in [5.41, 5.74) is 4.33. The first-order chi connectivity index (χ1) is 15.3. The topological polar surface area (TPSA) is 0 Å². The molecule has 0 atom stereocenters. The predicted molar refractivity (Wildman–Crippen MR) is 134 cm³/mol. The van der Waals surface area contributed by atoms with Gasteiger partial charge in [0, 0.05) is 0 Å². The van der Waals surface area contributed by atoms with E-state index in [0.717, 1.165) is 12.8 Å². The quantitative estimate of drug-likeness (QED) is 0.257. The van der Waals surface area contributed by atoms with Gasteiger partial charge in [-0.15, -0.1) is 0 Å². The van der Waals surface area contributed by atoms with Gasteiger partial charge in [0.15, 0.2) is 0 Å². The van der Waals surface area contributed by atoms with Gasteiger partial charge in [0.25, 0.3) is 0 Å². The average molecular weight is 401 g/mol.